The van der Waals surface area contributed by atoms with Crippen LogP contribution >= 0.6 is 0 Å². The van der Waals surface area contributed by atoms with Gasteiger partial charge in [0.15, 0.2) is 5.82 Å². The van der Waals surface area contributed by atoms with Crippen LogP contribution < -0.4 is 0 Å². The zero-order valence-corrected chi connectivity index (χ0v) is 11.3. The second-order valence-electron chi connectivity index (χ2n) is 5.86. The average Bonchev–Trinajstić information content (AvgIpc) is 3.09. The van der Waals surface area contributed by atoms with Gasteiger partial charge < -0.3 is 9.26 Å². The summed E-state index contributed by atoms with van der Waals surface area (Å²) in [6.45, 7) is 4.70. The third kappa shape index (κ3) is 2.54. The van der Waals surface area contributed by atoms with Gasteiger partial charge in [-0.15, -0.1) is 0 Å². The fourth-order valence-electron chi connectivity index (χ4n) is 2.44. The number of ether oxygens (including phenoxy) is 1. The predicted octanol–water partition coefficient (Wildman–Crippen LogP) is 2.81. The molecule has 5 nitrogen and oxygen atoms in total. The Hall–Kier alpha value is -1.67. The monoisotopic (exact) mass is 259 g/mol. The Bertz CT molecular complexity index is 561. The average molecular weight is 259 g/mol. The van der Waals surface area contributed by atoms with Crippen molar-refractivity contribution in [1.82, 2.24) is 10.1 Å². The zero-order valence-electron chi connectivity index (χ0n) is 11.3. The van der Waals surface area contributed by atoms with Crippen molar-refractivity contribution in [3.8, 4) is 6.07 Å². The van der Waals surface area contributed by atoms with E-state index in [-0.39, 0.29) is 5.60 Å². The molecule has 2 aliphatic rings. The molecule has 1 aliphatic heterocycles. The van der Waals surface area contributed by atoms with Gasteiger partial charge in [-0.3, -0.25) is 0 Å². The van der Waals surface area contributed by atoms with Crippen molar-refractivity contribution < 1.29 is 9.26 Å². The van der Waals surface area contributed by atoms with Crippen molar-refractivity contribution in [2.75, 3.05) is 6.61 Å². The molecule has 1 aromatic rings. The van der Waals surface area contributed by atoms with Gasteiger partial charge in [-0.2, -0.15) is 10.2 Å². The van der Waals surface area contributed by atoms with Gasteiger partial charge in [0.05, 0.1) is 12.2 Å². The lowest BCUT2D eigenvalue weighted by Gasteiger charge is -2.31. The Labute approximate surface area is 112 Å². The second-order valence-corrected chi connectivity index (χ2v) is 5.86. The SMILES string of the molecule is CC1(C)C/C(=C(/C#N)c2nc(C3CC3)no2)CCO1. The molecule has 2 heterocycles. The fourth-order valence-corrected chi connectivity index (χ4v) is 2.44. The lowest BCUT2D eigenvalue weighted by molar-refractivity contribution is -0.0330. The molecule has 0 N–H and O–H groups in total. The Morgan fingerprint density at radius 1 is 1.42 bits per heavy atom. The first-order chi connectivity index (χ1) is 9.09. The molecule has 3 rings (SSSR count). The van der Waals surface area contributed by atoms with E-state index in [0.717, 1.165) is 37.1 Å². The maximum Gasteiger partial charge on any atom is 0.268 e. The van der Waals surface area contributed by atoms with Crippen LogP contribution in [0.2, 0.25) is 0 Å². The topological polar surface area (TPSA) is 71.9 Å². The largest absolute Gasteiger partial charge is 0.375 e. The molecule has 19 heavy (non-hydrogen) atoms. The van der Waals surface area contributed by atoms with Crippen LogP contribution in [0, 0.1) is 11.3 Å². The van der Waals surface area contributed by atoms with E-state index in [0.29, 0.717) is 24.0 Å². The highest BCUT2D eigenvalue weighted by molar-refractivity contribution is 5.74. The number of rotatable bonds is 2. The van der Waals surface area contributed by atoms with Crippen LogP contribution in [0.4, 0.5) is 0 Å². The van der Waals surface area contributed by atoms with Crippen LogP contribution in [-0.2, 0) is 4.74 Å². The van der Waals surface area contributed by atoms with Crippen molar-refractivity contribution in [2.45, 2.75) is 51.0 Å². The third-order valence-electron chi connectivity index (χ3n) is 3.60. The van der Waals surface area contributed by atoms with Crippen LogP contribution in [0.15, 0.2) is 10.1 Å². The summed E-state index contributed by atoms with van der Waals surface area (Å²) in [4.78, 5) is 4.37. The quantitative estimate of drug-likeness (QED) is 0.763. The maximum absolute atomic E-state index is 9.39. The molecule has 100 valence electrons. The van der Waals surface area contributed by atoms with E-state index in [2.05, 4.69) is 16.2 Å². The first-order valence-corrected chi connectivity index (χ1v) is 6.69. The Kier molecular flexibility index (Phi) is 2.90. The Balaban J connectivity index is 1.92. The van der Waals surface area contributed by atoms with E-state index in [1.807, 2.05) is 13.8 Å². The summed E-state index contributed by atoms with van der Waals surface area (Å²) >= 11 is 0. The number of allylic oxidation sites excluding steroid dienone is 1. The van der Waals surface area contributed by atoms with Crippen LogP contribution in [0.3, 0.4) is 0 Å². The Morgan fingerprint density at radius 3 is 2.84 bits per heavy atom. The number of hydrogen-bond acceptors (Lipinski definition) is 5. The first-order valence-electron chi connectivity index (χ1n) is 6.69. The number of aromatic nitrogens is 2. The van der Waals surface area contributed by atoms with Gasteiger partial charge in [0.2, 0.25) is 0 Å². The van der Waals surface area contributed by atoms with Gasteiger partial charge in [0, 0.05) is 5.92 Å². The molecular formula is C14H17N3O2. The lowest BCUT2D eigenvalue weighted by atomic mass is 9.90. The molecular weight excluding hydrogens is 242 g/mol. The predicted molar refractivity (Wildman–Crippen MR) is 68.1 cm³/mol. The minimum Gasteiger partial charge on any atom is -0.375 e. The van der Waals surface area contributed by atoms with Crippen LogP contribution in [-0.4, -0.2) is 22.3 Å². The molecule has 1 aliphatic carbocycles. The number of nitrogens with zero attached hydrogens (tertiary/aromatic N) is 3. The van der Waals surface area contributed by atoms with Gasteiger partial charge in [0.25, 0.3) is 5.89 Å². The van der Waals surface area contributed by atoms with Crippen LogP contribution in [0.1, 0.15) is 57.2 Å². The fraction of sp³-hybridized carbons (Fsp3) is 0.643. The highest BCUT2D eigenvalue weighted by atomic mass is 16.5. The Morgan fingerprint density at radius 2 is 2.21 bits per heavy atom. The molecule has 0 amide bonds. The molecule has 1 saturated heterocycles. The first kappa shape index (κ1) is 12.4. The zero-order chi connectivity index (χ0) is 13.5. The molecule has 0 unspecified atom stereocenters. The molecule has 0 atom stereocenters. The van der Waals surface area contributed by atoms with Crippen molar-refractivity contribution in [2.24, 2.45) is 0 Å². The molecule has 1 saturated carbocycles. The van der Waals surface area contributed by atoms with E-state index in [9.17, 15) is 5.26 Å². The summed E-state index contributed by atoms with van der Waals surface area (Å²) in [7, 11) is 0. The molecule has 0 bridgehead atoms. The number of nitriles is 1. The molecule has 0 radical (unpaired) electrons. The van der Waals surface area contributed by atoms with E-state index < -0.39 is 0 Å². The van der Waals surface area contributed by atoms with Gasteiger partial charge in [0.1, 0.15) is 11.6 Å². The van der Waals surface area contributed by atoms with Crippen molar-refractivity contribution >= 4 is 5.57 Å². The molecule has 0 aromatic carbocycles. The minimum atomic E-state index is -0.227. The van der Waals surface area contributed by atoms with Gasteiger partial charge in [-0.05, 0) is 45.1 Å². The minimum absolute atomic E-state index is 0.227. The summed E-state index contributed by atoms with van der Waals surface area (Å²) in [5.74, 6) is 1.56. The lowest BCUT2D eigenvalue weighted by Crippen LogP contribution is -2.30. The van der Waals surface area contributed by atoms with Crippen molar-refractivity contribution in [3.63, 3.8) is 0 Å². The molecule has 1 aromatic heterocycles. The highest BCUT2D eigenvalue weighted by Gasteiger charge is 2.31. The van der Waals surface area contributed by atoms with Crippen molar-refractivity contribution in [1.29, 1.82) is 5.26 Å². The van der Waals surface area contributed by atoms with Crippen LogP contribution in [0.25, 0.3) is 5.57 Å². The third-order valence-corrected chi connectivity index (χ3v) is 3.60. The summed E-state index contributed by atoms with van der Waals surface area (Å²) in [6.07, 6.45) is 3.74. The van der Waals surface area contributed by atoms with E-state index in [1.54, 1.807) is 0 Å². The van der Waals surface area contributed by atoms with Crippen molar-refractivity contribution in [3.05, 3.63) is 17.3 Å². The summed E-state index contributed by atoms with van der Waals surface area (Å²) in [6, 6.07) is 2.23. The maximum atomic E-state index is 9.39. The highest BCUT2D eigenvalue weighted by Crippen LogP contribution is 2.39. The van der Waals surface area contributed by atoms with Crippen LogP contribution in [0.5, 0.6) is 0 Å². The normalized spacial score (nSPS) is 24.9. The number of hydrogen-bond donors (Lipinski definition) is 0. The van der Waals surface area contributed by atoms with E-state index >= 15 is 0 Å². The summed E-state index contributed by atoms with van der Waals surface area (Å²) in [5.41, 5.74) is 1.37. The van der Waals surface area contributed by atoms with E-state index in [1.165, 1.54) is 0 Å². The molecule has 0 spiro atoms. The van der Waals surface area contributed by atoms with Gasteiger partial charge in [-0.1, -0.05) is 5.16 Å². The molecule has 5 heteroatoms. The summed E-state index contributed by atoms with van der Waals surface area (Å²) in [5, 5.41) is 13.4. The second kappa shape index (κ2) is 4.46. The van der Waals surface area contributed by atoms with Gasteiger partial charge in [-0.25, -0.2) is 0 Å². The van der Waals surface area contributed by atoms with E-state index in [4.69, 9.17) is 9.26 Å². The van der Waals surface area contributed by atoms with Gasteiger partial charge >= 0.3 is 0 Å². The smallest absolute Gasteiger partial charge is 0.268 e. The standard InChI is InChI=1S/C14H17N3O2/c1-14(2)7-10(5-6-18-14)11(8-15)13-16-12(17-19-13)9-3-4-9/h9H,3-7H2,1-2H3/b11-10-. The molecule has 2 fully saturated rings. The summed E-state index contributed by atoms with van der Waals surface area (Å²) < 4.78 is 10.9.